The maximum absolute atomic E-state index is 7.60. The van der Waals surface area contributed by atoms with Crippen molar-refractivity contribution in [2.45, 2.75) is 38.3 Å². The van der Waals surface area contributed by atoms with Crippen molar-refractivity contribution in [2.75, 3.05) is 9.80 Å². The zero-order valence-corrected chi connectivity index (χ0v) is 20.8. The van der Waals surface area contributed by atoms with Gasteiger partial charge in [-0.05, 0) is 85.6 Å². The summed E-state index contributed by atoms with van der Waals surface area (Å²) in [7, 11) is 0. The lowest BCUT2D eigenvalue weighted by Crippen LogP contribution is -2.40. The molecule has 1 aliphatic heterocycles. The fourth-order valence-corrected chi connectivity index (χ4v) is 6.72. The van der Waals surface area contributed by atoms with Crippen molar-refractivity contribution in [1.29, 1.82) is 0 Å². The zero-order valence-electron chi connectivity index (χ0n) is 20.0. The maximum Gasteiger partial charge on any atom is 0.148 e. The van der Waals surface area contributed by atoms with Crippen molar-refractivity contribution < 1.29 is 0 Å². The molecule has 0 spiro atoms. The van der Waals surface area contributed by atoms with E-state index in [2.05, 4.69) is 98.6 Å². The van der Waals surface area contributed by atoms with Gasteiger partial charge in [0.25, 0.3) is 0 Å². The number of halogens is 1. The molecule has 2 heterocycles. The van der Waals surface area contributed by atoms with E-state index in [1.807, 2.05) is 0 Å². The van der Waals surface area contributed by atoms with Gasteiger partial charge >= 0.3 is 0 Å². The Morgan fingerprint density at radius 1 is 0.778 bits per heavy atom. The van der Waals surface area contributed by atoms with E-state index in [1.54, 1.807) is 12.4 Å². The molecule has 0 radical (unpaired) electrons. The number of anilines is 4. The predicted octanol–water partition coefficient (Wildman–Crippen LogP) is 8.26. The lowest BCUT2D eigenvalue weighted by molar-refractivity contribution is 0.450. The van der Waals surface area contributed by atoms with E-state index in [0.29, 0.717) is 5.92 Å². The highest BCUT2D eigenvalue weighted by atomic mass is 35.5. The molecule has 7 rings (SSSR count). The number of aromatic nitrogens is 2. The number of fused-ring (bicyclic) bond motifs is 4. The number of para-hydroxylation sites is 2. The first kappa shape index (κ1) is 21.6. The smallest absolute Gasteiger partial charge is 0.148 e. The Bertz CT molecular complexity index is 1410. The fraction of sp³-hybridized carbons (Fsp3) is 0.226. The summed E-state index contributed by atoms with van der Waals surface area (Å²) in [4.78, 5) is 14.0. The first-order chi connectivity index (χ1) is 17.8. The number of hydrogen-bond acceptors (Lipinski definition) is 4. The van der Waals surface area contributed by atoms with Crippen LogP contribution in [0.3, 0.4) is 0 Å². The molecule has 2 aliphatic carbocycles. The van der Waals surface area contributed by atoms with Crippen LogP contribution < -0.4 is 9.80 Å². The second kappa shape index (κ2) is 8.79. The van der Waals surface area contributed by atoms with E-state index in [4.69, 9.17) is 11.6 Å². The van der Waals surface area contributed by atoms with Gasteiger partial charge in [-0.1, -0.05) is 54.1 Å². The Kier molecular flexibility index (Phi) is 5.28. The Balaban J connectivity index is 1.52. The van der Waals surface area contributed by atoms with E-state index in [1.165, 1.54) is 30.4 Å². The van der Waals surface area contributed by atoms with E-state index >= 15 is 0 Å². The second-order valence-electron chi connectivity index (χ2n) is 9.83. The molecule has 5 heteroatoms. The summed E-state index contributed by atoms with van der Waals surface area (Å²) in [6, 6.07) is 25.5. The fourth-order valence-electron chi connectivity index (χ4n) is 6.25. The van der Waals surface area contributed by atoms with E-state index in [-0.39, 0.29) is 6.17 Å². The third-order valence-corrected chi connectivity index (χ3v) is 8.18. The molecule has 1 unspecified atom stereocenters. The number of hydrogen-bond donors (Lipinski definition) is 0. The minimum Gasteiger partial charge on any atom is -0.313 e. The largest absolute Gasteiger partial charge is 0.313 e. The Morgan fingerprint density at radius 3 is 1.92 bits per heavy atom. The van der Waals surface area contributed by atoms with Crippen molar-refractivity contribution in [2.24, 2.45) is 5.92 Å². The van der Waals surface area contributed by atoms with E-state index in [0.717, 1.165) is 51.7 Å². The third-order valence-electron chi connectivity index (χ3n) is 7.79. The molecular formula is C31H27ClN4. The highest BCUT2D eigenvalue weighted by molar-refractivity contribution is 6.32. The van der Waals surface area contributed by atoms with Crippen molar-refractivity contribution in [3.63, 3.8) is 0 Å². The molecule has 4 aromatic rings. The van der Waals surface area contributed by atoms with Crippen LogP contribution in [-0.2, 0) is 0 Å². The summed E-state index contributed by atoms with van der Waals surface area (Å²) in [5.74, 6) is 0.535. The maximum atomic E-state index is 7.60. The summed E-state index contributed by atoms with van der Waals surface area (Å²) < 4.78 is 0. The highest BCUT2D eigenvalue weighted by Crippen LogP contribution is 2.53. The van der Waals surface area contributed by atoms with Gasteiger partial charge in [-0.15, -0.1) is 0 Å². The van der Waals surface area contributed by atoms with Crippen LogP contribution in [0.25, 0.3) is 11.0 Å². The first-order valence-corrected chi connectivity index (χ1v) is 13.2. The molecule has 0 amide bonds. The monoisotopic (exact) mass is 490 g/mol. The normalized spacial score (nSPS) is 20.9. The van der Waals surface area contributed by atoms with Crippen molar-refractivity contribution in [3.05, 3.63) is 107 Å². The summed E-state index contributed by atoms with van der Waals surface area (Å²) in [6.07, 6.45) is 11.7. The van der Waals surface area contributed by atoms with Crippen molar-refractivity contribution in [3.8, 4) is 0 Å². The summed E-state index contributed by atoms with van der Waals surface area (Å²) in [5, 5.41) is 0.930. The summed E-state index contributed by atoms with van der Waals surface area (Å²) >= 11 is 7.60. The van der Waals surface area contributed by atoms with Gasteiger partial charge in [0.15, 0.2) is 0 Å². The van der Waals surface area contributed by atoms with Crippen LogP contribution in [0.15, 0.2) is 107 Å². The molecule has 4 nitrogen and oxygen atoms in total. The van der Waals surface area contributed by atoms with Crippen LogP contribution in [0.5, 0.6) is 0 Å². The predicted molar refractivity (Wildman–Crippen MR) is 148 cm³/mol. The first-order valence-electron chi connectivity index (χ1n) is 12.8. The van der Waals surface area contributed by atoms with Crippen LogP contribution in [-0.4, -0.2) is 16.1 Å². The van der Waals surface area contributed by atoms with Gasteiger partial charge in [0.05, 0.1) is 27.4 Å². The minimum absolute atomic E-state index is 0.194. The van der Waals surface area contributed by atoms with Crippen LogP contribution in [0, 0.1) is 5.92 Å². The highest BCUT2D eigenvalue weighted by Gasteiger charge is 2.43. The Morgan fingerprint density at radius 2 is 1.36 bits per heavy atom. The van der Waals surface area contributed by atoms with Gasteiger partial charge in [0, 0.05) is 23.8 Å². The van der Waals surface area contributed by atoms with Gasteiger partial charge in [0.1, 0.15) is 6.17 Å². The van der Waals surface area contributed by atoms with Gasteiger partial charge in [-0.3, -0.25) is 9.97 Å². The molecule has 1 aromatic heterocycles. The quantitative estimate of drug-likeness (QED) is 0.289. The van der Waals surface area contributed by atoms with Crippen LogP contribution in [0.2, 0.25) is 0 Å². The molecule has 2 bridgehead atoms. The van der Waals surface area contributed by atoms with E-state index < -0.39 is 0 Å². The van der Waals surface area contributed by atoms with Crippen molar-refractivity contribution >= 4 is 45.4 Å². The summed E-state index contributed by atoms with van der Waals surface area (Å²) in [6.45, 7) is 0. The van der Waals surface area contributed by atoms with E-state index in [9.17, 15) is 0 Å². The van der Waals surface area contributed by atoms with Crippen LogP contribution in [0.1, 0.15) is 32.1 Å². The standard InChI is InChI=1S/C31H27ClN4/c32-30(29-21-9-7-10-22(29)12-8-11-21)31-35(23-13-3-1-4-14-23)27-19-25-26(34-18-17-33-25)20-28(27)36(31)24-15-5-2-6-16-24/h1-6,9,13-20,22,31H,7-8,10-12H2/b30-29-. The second-order valence-corrected chi connectivity index (χ2v) is 10.2. The number of rotatable bonds is 3. The molecule has 3 aliphatic rings. The molecule has 1 atom stereocenters. The lowest BCUT2D eigenvalue weighted by Gasteiger charge is -2.38. The molecular weight excluding hydrogens is 464 g/mol. The average molecular weight is 491 g/mol. The molecule has 1 saturated carbocycles. The zero-order chi connectivity index (χ0) is 24.1. The van der Waals surface area contributed by atoms with Gasteiger partial charge in [0.2, 0.25) is 0 Å². The molecule has 0 saturated heterocycles. The van der Waals surface area contributed by atoms with Gasteiger partial charge in [-0.2, -0.15) is 0 Å². The van der Waals surface area contributed by atoms with Crippen LogP contribution >= 0.6 is 11.6 Å². The van der Waals surface area contributed by atoms with Crippen LogP contribution in [0.4, 0.5) is 22.7 Å². The molecule has 0 N–H and O–H groups in total. The molecule has 3 aromatic carbocycles. The minimum atomic E-state index is -0.194. The Hall–Kier alpha value is -3.63. The number of nitrogens with zero attached hydrogens (tertiary/aromatic N) is 4. The summed E-state index contributed by atoms with van der Waals surface area (Å²) in [5.41, 5.74) is 8.99. The van der Waals surface area contributed by atoms with Gasteiger partial charge < -0.3 is 9.80 Å². The Labute approximate surface area is 216 Å². The van der Waals surface area contributed by atoms with Crippen molar-refractivity contribution in [1.82, 2.24) is 9.97 Å². The van der Waals surface area contributed by atoms with Gasteiger partial charge in [-0.25, -0.2) is 0 Å². The SMILES string of the molecule is Cl/C(=C1/C2=CCCC1CCC2)C1N(c2ccccc2)c2cc3nccnc3cc2N1c1ccccc1. The molecule has 178 valence electrons. The lowest BCUT2D eigenvalue weighted by atomic mass is 9.74. The molecule has 1 fully saturated rings. The number of benzene rings is 3. The number of allylic oxidation sites excluding steroid dienone is 3. The third kappa shape index (κ3) is 3.43. The average Bonchev–Trinajstić information content (AvgIpc) is 3.26. The molecule has 36 heavy (non-hydrogen) atoms. The topological polar surface area (TPSA) is 32.3 Å².